The molecule has 0 aliphatic carbocycles. The lowest BCUT2D eigenvalue weighted by Gasteiger charge is -2.19. The maximum Gasteiger partial charge on any atom is 0.229 e. The number of hydrogen-bond acceptors (Lipinski definition) is 2. The van der Waals surface area contributed by atoms with Crippen LogP contribution in [0, 0.1) is 5.41 Å². The monoisotopic (exact) mass is 181 g/mol. The minimum atomic E-state index is -0.415. The van der Waals surface area contributed by atoms with E-state index in [1.807, 2.05) is 6.92 Å². The number of allylic oxidation sites excluding steroid dienone is 1. The fourth-order valence-corrected chi connectivity index (χ4v) is 1.89. The Morgan fingerprint density at radius 1 is 1.77 bits per heavy atom. The molecule has 0 aromatic heterocycles. The van der Waals surface area contributed by atoms with Crippen molar-refractivity contribution < 1.29 is 9.59 Å². The third-order valence-electron chi connectivity index (χ3n) is 2.75. The van der Waals surface area contributed by atoms with Gasteiger partial charge in [0.2, 0.25) is 5.91 Å². The molecule has 72 valence electrons. The van der Waals surface area contributed by atoms with Crippen LogP contribution in [0.2, 0.25) is 0 Å². The topological polar surface area (TPSA) is 37.4 Å². The zero-order chi connectivity index (χ0) is 10.1. The van der Waals surface area contributed by atoms with E-state index in [-0.39, 0.29) is 11.9 Å². The van der Waals surface area contributed by atoms with E-state index in [2.05, 4.69) is 6.58 Å². The highest BCUT2D eigenvalue weighted by molar-refractivity contribution is 5.88. The third-order valence-corrected chi connectivity index (χ3v) is 2.75. The Morgan fingerprint density at radius 3 is 2.77 bits per heavy atom. The largest absolute Gasteiger partial charge is 0.335 e. The summed E-state index contributed by atoms with van der Waals surface area (Å²) in [5.41, 5.74) is -0.415. The summed E-state index contributed by atoms with van der Waals surface area (Å²) in [6.45, 7) is 5.51. The molecule has 0 aromatic carbocycles. The summed E-state index contributed by atoms with van der Waals surface area (Å²) in [6.07, 6.45) is 3.82. The summed E-state index contributed by atoms with van der Waals surface area (Å²) in [6, 6.07) is -0.252. The van der Waals surface area contributed by atoms with Crippen LogP contribution in [0.3, 0.4) is 0 Å². The Hall–Kier alpha value is -1.12. The van der Waals surface area contributed by atoms with Crippen LogP contribution < -0.4 is 0 Å². The van der Waals surface area contributed by atoms with Crippen molar-refractivity contribution in [2.75, 3.05) is 7.05 Å². The molecule has 2 unspecified atom stereocenters. The molecule has 1 aliphatic heterocycles. The fraction of sp³-hybridized carbons (Fsp3) is 0.600. The lowest BCUT2D eigenvalue weighted by atomic mass is 9.84. The Bertz CT molecular complexity index is 249. The molecule has 0 spiro atoms. The van der Waals surface area contributed by atoms with Crippen LogP contribution in [0.1, 0.15) is 19.8 Å². The molecule has 0 radical (unpaired) electrons. The van der Waals surface area contributed by atoms with Crippen LogP contribution in [-0.4, -0.2) is 30.2 Å². The lowest BCUT2D eigenvalue weighted by Crippen LogP contribution is -2.32. The molecule has 3 heteroatoms. The second kappa shape index (κ2) is 3.32. The van der Waals surface area contributed by atoms with Crippen LogP contribution in [0.5, 0.6) is 0 Å². The average molecular weight is 181 g/mol. The van der Waals surface area contributed by atoms with Crippen LogP contribution in [0.15, 0.2) is 12.7 Å². The molecule has 0 aromatic rings. The smallest absolute Gasteiger partial charge is 0.229 e. The second-order valence-corrected chi connectivity index (χ2v) is 3.88. The van der Waals surface area contributed by atoms with E-state index in [0.29, 0.717) is 12.8 Å². The van der Waals surface area contributed by atoms with Gasteiger partial charge in [0.15, 0.2) is 0 Å². The van der Waals surface area contributed by atoms with Crippen LogP contribution in [0.25, 0.3) is 0 Å². The molecule has 0 saturated carbocycles. The molecule has 1 rings (SSSR count). The first-order valence-corrected chi connectivity index (χ1v) is 4.38. The number of carbonyl (C=O) groups is 2. The molecule has 13 heavy (non-hydrogen) atoms. The van der Waals surface area contributed by atoms with E-state index in [4.69, 9.17) is 0 Å². The van der Waals surface area contributed by atoms with Crippen LogP contribution in [0.4, 0.5) is 0 Å². The highest BCUT2D eigenvalue weighted by Gasteiger charge is 2.45. The molecule has 0 bridgehead atoms. The molecule has 1 amide bonds. The molecule has 1 heterocycles. The van der Waals surface area contributed by atoms with Gasteiger partial charge in [0.25, 0.3) is 0 Å². The second-order valence-electron chi connectivity index (χ2n) is 3.88. The van der Waals surface area contributed by atoms with E-state index in [9.17, 15) is 9.59 Å². The van der Waals surface area contributed by atoms with Gasteiger partial charge in [-0.3, -0.25) is 4.79 Å². The first-order valence-electron chi connectivity index (χ1n) is 4.38. The van der Waals surface area contributed by atoms with E-state index in [1.165, 1.54) is 4.90 Å². The van der Waals surface area contributed by atoms with Crippen molar-refractivity contribution in [3.05, 3.63) is 12.7 Å². The third kappa shape index (κ3) is 1.50. The Morgan fingerprint density at radius 2 is 2.38 bits per heavy atom. The maximum absolute atomic E-state index is 11.7. The number of carbonyl (C=O) groups excluding carboxylic acids is 2. The van der Waals surface area contributed by atoms with Crippen molar-refractivity contribution in [2.45, 2.75) is 25.8 Å². The van der Waals surface area contributed by atoms with Gasteiger partial charge in [0.05, 0.1) is 11.5 Å². The number of aldehydes is 1. The zero-order valence-corrected chi connectivity index (χ0v) is 8.12. The van der Waals surface area contributed by atoms with Crippen molar-refractivity contribution in [1.29, 1.82) is 0 Å². The van der Waals surface area contributed by atoms with Crippen molar-refractivity contribution in [1.82, 2.24) is 4.90 Å². The molecular weight excluding hydrogens is 166 g/mol. The van der Waals surface area contributed by atoms with Gasteiger partial charge in [-0.2, -0.15) is 0 Å². The normalized spacial score (nSPS) is 33.5. The van der Waals surface area contributed by atoms with Crippen molar-refractivity contribution in [3.63, 3.8) is 0 Å². The van der Waals surface area contributed by atoms with E-state index in [0.717, 1.165) is 6.29 Å². The Kier molecular flexibility index (Phi) is 2.55. The summed E-state index contributed by atoms with van der Waals surface area (Å²) in [4.78, 5) is 23.9. The summed E-state index contributed by atoms with van der Waals surface area (Å²) in [7, 11) is 1.68. The Balaban J connectivity index is 2.86. The minimum absolute atomic E-state index is 0.0458. The van der Waals surface area contributed by atoms with Crippen LogP contribution >= 0.6 is 0 Å². The van der Waals surface area contributed by atoms with E-state index >= 15 is 0 Å². The molecule has 0 N–H and O–H groups in total. The summed E-state index contributed by atoms with van der Waals surface area (Å²) < 4.78 is 0. The number of nitrogens with zero attached hydrogens (tertiary/aromatic N) is 1. The van der Waals surface area contributed by atoms with Gasteiger partial charge < -0.3 is 9.69 Å². The zero-order valence-electron chi connectivity index (χ0n) is 8.12. The molecule has 1 saturated heterocycles. The SMILES string of the molecule is C=CCC1(C)CC(C=O)N(C)C1=O. The van der Waals surface area contributed by atoms with Crippen molar-refractivity contribution in [3.8, 4) is 0 Å². The Labute approximate surface area is 78.4 Å². The van der Waals surface area contributed by atoms with E-state index in [1.54, 1.807) is 13.1 Å². The predicted octanol–water partition coefficient (Wildman–Crippen LogP) is 0.998. The van der Waals surface area contributed by atoms with Crippen LogP contribution in [-0.2, 0) is 9.59 Å². The number of likely N-dealkylation sites (N-methyl/N-ethyl adjacent to an activating group) is 1. The highest BCUT2D eigenvalue weighted by atomic mass is 16.2. The van der Waals surface area contributed by atoms with Crippen molar-refractivity contribution >= 4 is 12.2 Å². The standard InChI is InChI=1S/C10H15NO2/c1-4-5-10(2)6-8(7-12)11(3)9(10)13/h4,7-8H,1,5-6H2,2-3H3. The van der Waals surface area contributed by atoms with Gasteiger partial charge in [0, 0.05) is 7.05 Å². The van der Waals surface area contributed by atoms with Gasteiger partial charge in [0.1, 0.15) is 6.29 Å². The van der Waals surface area contributed by atoms with Gasteiger partial charge >= 0.3 is 0 Å². The molecule has 1 aliphatic rings. The molecule has 1 fully saturated rings. The first kappa shape index (κ1) is 9.96. The van der Waals surface area contributed by atoms with E-state index < -0.39 is 5.41 Å². The summed E-state index contributed by atoms with van der Waals surface area (Å²) >= 11 is 0. The maximum atomic E-state index is 11.7. The average Bonchev–Trinajstić information content (AvgIpc) is 2.31. The molecule has 3 nitrogen and oxygen atoms in total. The first-order chi connectivity index (χ1) is 6.05. The lowest BCUT2D eigenvalue weighted by molar-refractivity contribution is -0.135. The highest BCUT2D eigenvalue weighted by Crippen LogP contribution is 2.37. The van der Waals surface area contributed by atoms with Gasteiger partial charge in [-0.25, -0.2) is 0 Å². The number of likely N-dealkylation sites (tertiary alicyclic amines) is 1. The fourth-order valence-electron chi connectivity index (χ4n) is 1.89. The molecular formula is C10H15NO2. The van der Waals surface area contributed by atoms with Gasteiger partial charge in [-0.05, 0) is 12.8 Å². The quantitative estimate of drug-likeness (QED) is 0.481. The summed E-state index contributed by atoms with van der Waals surface area (Å²) in [5, 5.41) is 0. The minimum Gasteiger partial charge on any atom is -0.335 e. The predicted molar refractivity (Wildman–Crippen MR) is 50.2 cm³/mol. The summed E-state index contributed by atoms with van der Waals surface area (Å²) in [5.74, 6) is 0.0458. The van der Waals surface area contributed by atoms with Crippen molar-refractivity contribution in [2.24, 2.45) is 5.41 Å². The molecule has 2 atom stereocenters. The van der Waals surface area contributed by atoms with Gasteiger partial charge in [-0.1, -0.05) is 13.0 Å². The van der Waals surface area contributed by atoms with Gasteiger partial charge in [-0.15, -0.1) is 6.58 Å². The number of hydrogen-bond donors (Lipinski definition) is 0. The number of rotatable bonds is 3. The number of amides is 1.